The number of carbonyl (C=O) groups is 1. The predicted molar refractivity (Wildman–Crippen MR) is 74.6 cm³/mol. The molecule has 0 saturated carbocycles. The van der Waals surface area contributed by atoms with Crippen molar-refractivity contribution in [2.45, 2.75) is 30.8 Å². The zero-order valence-electron chi connectivity index (χ0n) is 11.6. The van der Waals surface area contributed by atoms with Crippen molar-refractivity contribution < 1.29 is 17.9 Å². The predicted octanol–water partition coefficient (Wildman–Crippen LogP) is 1.49. The van der Waals surface area contributed by atoms with Crippen LogP contribution in [0.5, 0.6) is 0 Å². The first-order valence-electron chi connectivity index (χ1n) is 6.24. The van der Waals surface area contributed by atoms with E-state index in [1.165, 1.54) is 17.5 Å². The Morgan fingerprint density at radius 3 is 2.45 bits per heavy atom. The minimum Gasteiger partial charge on any atom is -0.466 e. The molecule has 1 aromatic rings. The molecule has 0 amide bonds. The molecular weight excluding hydrogens is 278 g/mol. The number of aryl methyl sites for hydroxylation is 1. The van der Waals surface area contributed by atoms with Gasteiger partial charge in [-0.2, -0.15) is 4.31 Å². The van der Waals surface area contributed by atoms with Crippen LogP contribution in [0.4, 0.5) is 0 Å². The molecule has 1 saturated heterocycles. The van der Waals surface area contributed by atoms with E-state index in [2.05, 4.69) is 4.74 Å². The molecule has 0 aromatic heterocycles. The number of benzene rings is 1. The van der Waals surface area contributed by atoms with Crippen LogP contribution in [0.15, 0.2) is 41.3 Å². The van der Waals surface area contributed by atoms with Gasteiger partial charge in [0.25, 0.3) is 0 Å². The molecule has 20 heavy (non-hydrogen) atoms. The number of rotatable bonds is 4. The lowest BCUT2D eigenvalue weighted by molar-refractivity contribution is -0.134. The van der Waals surface area contributed by atoms with Gasteiger partial charge in [0.15, 0.2) is 0 Å². The zero-order valence-corrected chi connectivity index (χ0v) is 12.4. The topological polar surface area (TPSA) is 63.5 Å². The van der Waals surface area contributed by atoms with Gasteiger partial charge < -0.3 is 4.74 Å². The van der Waals surface area contributed by atoms with E-state index >= 15 is 0 Å². The lowest BCUT2D eigenvalue weighted by atomic mass is 10.2. The molecule has 1 aromatic carbocycles. The number of hydrogen-bond donors (Lipinski definition) is 0. The van der Waals surface area contributed by atoms with E-state index in [0.29, 0.717) is 0 Å². The van der Waals surface area contributed by atoms with E-state index in [-0.39, 0.29) is 17.0 Å². The van der Waals surface area contributed by atoms with Crippen molar-refractivity contribution in [1.82, 2.24) is 4.31 Å². The van der Waals surface area contributed by atoms with E-state index < -0.39 is 16.0 Å². The molecule has 0 spiro atoms. The highest BCUT2D eigenvalue weighted by Gasteiger charge is 2.51. The van der Waals surface area contributed by atoms with Gasteiger partial charge in [0.2, 0.25) is 10.0 Å². The van der Waals surface area contributed by atoms with Crippen LogP contribution in [0.3, 0.4) is 0 Å². The molecule has 1 aliphatic rings. The summed E-state index contributed by atoms with van der Waals surface area (Å²) in [5.74, 6) is -0.489. The van der Waals surface area contributed by atoms with Crippen molar-refractivity contribution >= 4 is 16.0 Å². The van der Waals surface area contributed by atoms with Crippen LogP contribution in [-0.4, -0.2) is 37.9 Å². The molecule has 2 rings (SSSR count). The highest BCUT2D eigenvalue weighted by atomic mass is 32.2. The first-order chi connectivity index (χ1) is 9.37. The second kappa shape index (κ2) is 5.38. The maximum absolute atomic E-state index is 12.4. The summed E-state index contributed by atoms with van der Waals surface area (Å²) >= 11 is 0. The number of ether oxygens (including phenoxy) is 1. The Bertz CT molecular complexity index is 634. The van der Waals surface area contributed by atoms with Crippen LogP contribution in [0.2, 0.25) is 0 Å². The number of nitrogens with zero attached hydrogens (tertiary/aromatic N) is 1. The van der Waals surface area contributed by atoms with Gasteiger partial charge in [0, 0.05) is 12.1 Å². The average Bonchev–Trinajstić information content (AvgIpc) is 3.07. The van der Waals surface area contributed by atoms with E-state index in [9.17, 15) is 13.2 Å². The van der Waals surface area contributed by atoms with E-state index in [0.717, 1.165) is 5.56 Å². The van der Waals surface area contributed by atoms with E-state index in [1.54, 1.807) is 37.3 Å². The third-order valence-corrected chi connectivity index (χ3v) is 5.33. The van der Waals surface area contributed by atoms with E-state index in [4.69, 9.17) is 0 Å². The van der Waals surface area contributed by atoms with Gasteiger partial charge in [0.1, 0.15) is 0 Å². The first kappa shape index (κ1) is 14.7. The molecule has 1 aliphatic heterocycles. The minimum atomic E-state index is -3.51. The van der Waals surface area contributed by atoms with Crippen LogP contribution < -0.4 is 0 Å². The highest BCUT2D eigenvalue weighted by Crippen LogP contribution is 2.36. The van der Waals surface area contributed by atoms with Gasteiger partial charge in [-0.1, -0.05) is 23.8 Å². The fourth-order valence-corrected chi connectivity index (χ4v) is 3.85. The van der Waals surface area contributed by atoms with Crippen LogP contribution in [0.25, 0.3) is 0 Å². The number of carbonyl (C=O) groups excluding carboxylic acids is 1. The smallest absolute Gasteiger partial charge is 0.330 e. The summed E-state index contributed by atoms with van der Waals surface area (Å²) in [5.41, 5.74) is 1.00. The number of esters is 1. The van der Waals surface area contributed by atoms with Crippen LogP contribution in [0, 0.1) is 6.92 Å². The fourth-order valence-electron chi connectivity index (χ4n) is 2.05. The quantitative estimate of drug-likeness (QED) is 0.479. The highest BCUT2D eigenvalue weighted by molar-refractivity contribution is 7.89. The number of methoxy groups -OCH3 is 1. The summed E-state index contributed by atoms with van der Waals surface area (Å²) in [6.07, 6.45) is 2.81. The molecule has 0 aliphatic carbocycles. The molecule has 108 valence electrons. The maximum atomic E-state index is 12.4. The molecule has 5 nitrogen and oxygen atoms in total. The van der Waals surface area contributed by atoms with Crippen molar-refractivity contribution in [3.05, 3.63) is 42.0 Å². The second-order valence-electron chi connectivity index (χ2n) is 4.76. The van der Waals surface area contributed by atoms with Crippen molar-refractivity contribution in [2.24, 2.45) is 0 Å². The van der Waals surface area contributed by atoms with Crippen molar-refractivity contribution in [2.75, 3.05) is 7.11 Å². The summed E-state index contributed by atoms with van der Waals surface area (Å²) in [7, 11) is -2.22. The third kappa shape index (κ3) is 2.76. The molecule has 1 heterocycles. The first-order valence-corrected chi connectivity index (χ1v) is 7.68. The van der Waals surface area contributed by atoms with E-state index in [1.807, 2.05) is 6.92 Å². The Kier molecular flexibility index (Phi) is 3.96. The Morgan fingerprint density at radius 1 is 1.30 bits per heavy atom. The van der Waals surface area contributed by atoms with Crippen LogP contribution in [0.1, 0.15) is 12.5 Å². The minimum absolute atomic E-state index is 0.151. The normalized spacial score (nSPS) is 25.6. The van der Waals surface area contributed by atoms with Gasteiger partial charge in [0.05, 0.1) is 18.0 Å². The van der Waals surface area contributed by atoms with Gasteiger partial charge in [-0.25, -0.2) is 13.2 Å². The number of sulfonamides is 1. The summed E-state index contributed by atoms with van der Waals surface area (Å²) < 4.78 is 30.7. The Hall–Kier alpha value is -1.66. The van der Waals surface area contributed by atoms with Gasteiger partial charge in [-0.3, -0.25) is 0 Å². The molecule has 0 radical (unpaired) electrons. The van der Waals surface area contributed by atoms with Gasteiger partial charge in [-0.15, -0.1) is 0 Å². The molecule has 1 unspecified atom stereocenters. The molecule has 0 bridgehead atoms. The standard InChI is InChI=1S/C14H17NO4S/c1-10-4-6-12(7-5-10)20(17,18)15-11(2)13(15)8-9-14(16)19-3/h4-9,11,13H,1-3H3/b9-8+/t11-,13+,15?/m0/s1. The molecule has 3 atom stereocenters. The Labute approximate surface area is 118 Å². The van der Waals surface area contributed by atoms with Gasteiger partial charge in [-0.05, 0) is 26.0 Å². The Balaban J connectivity index is 2.18. The Morgan fingerprint density at radius 2 is 1.90 bits per heavy atom. The summed E-state index contributed by atoms with van der Waals surface area (Å²) in [5, 5.41) is 0. The summed E-state index contributed by atoms with van der Waals surface area (Å²) in [4.78, 5) is 11.3. The third-order valence-electron chi connectivity index (χ3n) is 3.33. The van der Waals surface area contributed by atoms with Gasteiger partial charge >= 0.3 is 5.97 Å². The second-order valence-corrected chi connectivity index (χ2v) is 6.60. The molecule has 0 N–H and O–H groups in total. The molecule has 6 heteroatoms. The van der Waals surface area contributed by atoms with Crippen molar-refractivity contribution in [3.63, 3.8) is 0 Å². The number of hydrogen-bond acceptors (Lipinski definition) is 4. The lowest BCUT2D eigenvalue weighted by Gasteiger charge is -2.05. The molecule has 1 fully saturated rings. The van der Waals surface area contributed by atoms with Crippen molar-refractivity contribution in [3.8, 4) is 0 Å². The monoisotopic (exact) mass is 295 g/mol. The maximum Gasteiger partial charge on any atom is 0.330 e. The summed E-state index contributed by atoms with van der Waals surface area (Å²) in [6, 6.07) is 6.27. The van der Waals surface area contributed by atoms with Crippen LogP contribution in [-0.2, 0) is 19.6 Å². The largest absolute Gasteiger partial charge is 0.466 e. The molecular formula is C14H17NO4S. The van der Waals surface area contributed by atoms with Crippen LogP contribution >= 0.6 is 0 Å². The zero-order chi connectivity index (χ0) is 14.9. The van der Waals surface area contributed by atoms with Crippen molar-refractivity contribution in [1.29, 1.82) is 0 Å². The average molecular weight is 295 g/mol. The fraction of sp³-hybridized carbons (Fsp3) is 0.357. The lowest BCUT2D eigenvalue weighted by Crippen LogP contribution is -2.15. The summed E-state index contributed by atoms with van der Waals surface area (Å²) in [6.45, 7) is 3.70. The SMILES string of the molecule is COC(=O)/C=C/[C@@H]1[C@H](C)N1S(=O)(=O)c1ccc(C)cc1.